The van der Waals surface area contributed by atoms with Crippen molar-refractivity contribution in [1.82, 2.24) is 13.6 Å². The van der Waals surface area contributed by atoms with Gasteiger partial charge in [0.25, 0.3) is 5.88 Å². The summed E-state index contributed by atoms with van der Waals surface area (Å²) < 4.78 is 13.5. The van der Waals surface area contributed by atoms with E-state index in [1.165, 1.54) is 17.3 Å². The first-order chi connectivity index (χ1) is 6.81. The van der Waals surface area contributed by atoms with Crippen LogP contribution in [0.15, 0.2) is 6.08 Å². The molecule has 76 valence electrons. The summed E-state index contributed by atoms with van der Waals surface area (Å²) in [6, 6.07) is 0. The number of likely N-dealkylation sites (N-methyl/N-ethyl adjacent to an activating group) is 1. The Morgan fingerprint density at radius 2 is 2.36 bits per heavy atom. The van der Waals surface area contributed by atoms with Crippen LogP contribution >= 0.6 is 11.7 Å². The highest BCUT2D eigenvalue weighted by molar-refractivity contribution is 6.99. The number of rotatable bonds is 2. The second-order valence-electron chi connectivity index (χ2n) is 3.38. The van der Waals surface area contributed by atoms with Crippen molar-refractivity contribution in [1.29, 1.82) is 0 Å². The summed E-state index contributed by atoms with van der Waals surface area (Å²) >= 11 is 1.20. The molecule has 4 nitrogen and oxygen atoms in total. The van der Waals surface area contributed by atoms with E-state index in [1.54, 1.807) is 7.11 Å². The van der Waals surface area contributed by atoms with E-state index in [0.717, 1.165) is 25.2 Å². The first kappa shape index (κ1) is 9.61. The number of methoxy groups -OCH3 is 1. The minimum atomic E-state index is 0.650. The fourth-order valence-corrected chi connectivity index (χ4v) is 2.13. The van der Waals surface area contributed by atoms with Gasteiger partial charge in [-0.1, -0.05) is 6.08 Å². The van der Waals surface area contributed by atoms with E-state index in [2.05, 4.69) is 26.8 Å². The molecule has 1 aliphatic rings. The highest BCUT2D eigenvalue weighted by atomic mass is 32.1. The molecular weight excluding hydrogens is 198 g/mol. The SMILES string of the molecule is COc1nsnc1C1=CCCN(C)C1. The number of hydrogen-bond donors (Lipinski definition) is 0. The lowest BCUT2D eigenvalue weighted by Crippen LogP contribution is -2.25. The van der Waals surface area contributed by atoms with Gasteiger partial charge in [0.1, 0.15) is 5.69 Å². The molecule has 0 aromatic carbocycles. The van der Waals surface area contributed by atoms with Crippen molar-refractivity contribution in [3.63, 3.8) is 0 Å². The first-order valence-electron chi connectivity index (χ1n) is 4.55. The van der Waals surface area contributed by atoms with Gasteiger partial charge >= 0.3 is 0 Å². The van der Waals surface area contributed by atoms with Crippen LogP contribution in [0.4, 0.5) is 0 Å². The van der Waals surface area contributed by atoms with Gasteiger partial charge in [-0.2, -0.15) is 4.37 Å². The summed E-state index contributed by atoms with van der Waals surface area (Å²) in [7, 11) is 3.74. The number of aromatic nitrogens is 2. The predicted molar refractivity (Wildman–Crippen MR) is 56.6 cm³/mol. The molecule has 0 atom stereocenters. The van der Waals surface area contributed by atoms with Crippen molar-refractivity contribution in [2.45, 2.75) is 6.42 Å². The molecule has 5 heteroatoms. The van der Waals surface area contributed by atoms with Gasteiger partial charge in [0.2, 0.25) is 0 Å². The lowest BCUT2D eigenvalue weighted by Gasteiger charge is -2.21. The Hall–Kier alpha value is -0.940. The van der Waals surface area contributed by atoms with Gasteiger partial charge in [-0.05, 0) is 19.0 Å². The maximum Gasteiger partial charge on any atom is 0.253 e. The molecule has 14 heavy (non-hydrogen) atoms. The highest BCUT2D eigenvalue weighted by Crippen LogP contribution is 2.26. The zero-order valence-electron chi connectivity index (χ0n) is 8.36. The minimum Gasteiger partial charge on any atom is -0.479 e. The summed E-state index contributed by atoms with van der Waals surface area (Å²) in [6.07, 6.45) is 3.30. The van der Waals surface area contributed by atoms with Crippen LogP contribution in [0.2, 0.25) is 0 Å². The van der Waals surface area contributed by atoms with Crippen molar-refractivity contribution in [3.05, 3.63) is 11.8 Å². The van der Waals surface area contributed by atoms with Gasteiger partial charge < -0.3 is 9.64 Å². The van der Waals surface area contributed by atoms with E-state index in [1.807, 2.05) is 0 Å². The Morgan fingerprint density at radius 3 is 3.07 bits per heavy atom. The second kappa shape index (κ2) is 4.06. The zero-order chi connectivity index (χ0) is 9.97. The quantitative estimate of drug-likeness (QED) is 0.738. The van der Waals surface area contributed by atoms with Gasteiger partial charge in [-0.25, -0.2) is 0 Å². The molecule has 0 unspecified atom stereocenters. The summed E-state index contributed by atoms with van der Waals surface area (Å²) in [4.78, 5) is 2.27. The van der Waals surface area contributed by atoms with E-state index in [-0.39, 0.29) is 0 Å². The average molecular weight is 211 g/mol. The molecule has 0 aliphatic carbocycles. The third-order valence-electron chi connectivity index (χ3n) is 2.30. The zero-order valence-corrected chi connectivity index (χ0v) is 9.17. The Kier molecular flexibility index (Phi) is 2.79. The number of hydrogen-bond acceptors (Lipinski definition) is 5. The molecule has 1 aromatic heterocycles. The predicted octanol–water partition coefficient (Wildman–Crippen LogP) is 1.27. The summed E-state index contributed by atoms with van der Waals surface area (Å²) in [5.41, 5.74) is 2.13. The van der Waals surface area contributed by atoms with Crippen molar-refractivity contribution in [2.24, 2.45) is 0 Å². The lowest BCUT2D eigenvalue weighted by molar-refractivity contribution is 0.369. The monoisotopic (exact) mass is 211 g/mol. The van der Waals surface area contributed by atoms with Crippen LogP contribution < -0.4 is 4.74 Å². The molecule has 0 N–H and O–H groups in total. The van der Waals surface area contributed by atoms with Crippen molar-refractivity contribution in [2.75, 3.05) is 27.2 Å². The fourth-order valence-electron chi connectivity index (χ4n) is 1.58. The third kappa shape index (κ3) is 1.78. The van der Waals surface area contributed by atoms with Gasteiger partial charge in [-0.3, -0.25) is 0 Å². The van der Waals surface area contributed by atoms with Crippen molar-refractivity contribution >= 4 is 17.3 Å². The molecule has 0 radical (unpaired) electrons. The maximum atomic E-state index is 5.15. The van der Waals surface area contributed by atoms with Crippen LogP contribution in [-0.4, -0.2) is 40.9 Å². The van der Waals surface area contributed by atoms with E-state index < -0.39 is 0 Å². The highest BCUT2D eigenvalue weighted by Gasteiger charge is 2.17. The molecule has 2 rings (SSSR count). The van der Waals surface area contributed by atoms with Crippen LogP contribution in [0.3, 0.4) is 0 Å². The molecule has 0 amide bonds. The van der Waals surface area contributed by atoms with Crippen LogP contribution in [0, 0.1) is 0 Å². The molecule has 0 spiro atoms. The fraction of sp³-hybridized carbons (Fsp3) is 0.556. The molecule has 0 bridgehead atoms. The number of ether oxygens (including phenoxy) is 1. The Bertz CT molecular complexity index is 348. The topological polar surface area (TPSA) is 38.3 Å². The standard InChI is InChI=1S/C9H13N3OS/c1-12-5-3-4-7(6-12)8-9(13-2)11-14-10-8/h4H,3,5-6H2,1-2H3. The smallest absolute Gasteiger partial charge is 0.253 e. The molecule has 1 aromatic rings. The number of nitrogens with zero attached hydrogens (tertiary/aromatic N) is 3. The van der Waals surface area contributed by atoms with Gasteiger partial charge in [0.05, 0.1) is 18.8 Å². The molecule has 2 heterocycles. The first-order valence-corrected chi connectivity index (χ1v) is 5.29. The Labute approximate surface area is 87.5 Å². The third-order valence-corrected chi connectivity index (χ3v) is 2.81. The van der Waals surface area contributed by atoms with Crippen LogP contribution in [-0.2, 0) is 0 Å². The molecule has 0 saturated heterocycles. The van der Waals surface area contributed by atoms with Crippen molar-refractivity contribution < 1.29 is 4.74 Å². The summed E-state index contributed by atoms with van der Waals surface area (Å²) in [5, 5.41) is 0. The molecular formula is C9H13N3OS. The Morgan fingerprint density at radius 1 is 1.50 bits per heavy atom. The molecule has 1 aliphatic heterocycles. The van der Waals surface area contributed by atoms with E-state index in [0.29, 0.717) is 5.88 Å². The van der Waals surface area contributed by atoms with Crippen LogP contribution in [0.1, 0.15) is 12.1 Å². The summed E-state index contributed by atoms with van der Waals surface area (Å²) in [5.74, 6) is 0.650. The Balaban J connectivity index is 2.26. The van der Waals surface area contributed by atoms with E-state index in [4.69, 9.17) is 4.74 Å². The molecule has 0 saturated carbocycles. The van der Waals surface area contributed by atoms with Gasteiger partial charge in [0, 0.05) is 13.1 Å². The maximum absolute atomic E-state index is 5.15. The van der Waals surface area contributed by atoms with Gasteiger partial charge in [0.15, 0.2) is 0 Å². The van der Waals surface area contributed by atoms with Crippen LogP contribution in [0.25, 0.3) is 5.57 Å². The van der Waals surface area contributed by atoms with E-state index >= 15 is 0 Å². The average Bonchev–Trinajstić information content (AvgIpc) is 2.65. The van der Waals surface area contributed by atoms with E-state index in [9.17, 15) is 0 Å². The summed E-state index contributed by atoms with van der Waals surface area (Å²) in [6.45, 7) is 2.05. The molecule has 0 fully saturated rings. The normalized spacial score (nSPS) is 18.0. The largest absolute Gasteiger partial charge is 0.479 e. The van der Waals surface area contributed by atoms with Crippen molar-refractivity contribution in [3.8, 4) is 5.88 Å². The van der Waals surface area contributed by atoms with Crippen LogP contribution in [0.5, 0.6) is 5.88 Å². The lowest BCUT2D eigenvalue weighted by atomic mass is 10.1. The van der Waals surface area contributed by atoms with Gasteiger partial charge in [-0.15, -0.1) is 4.37 Å². The second-order valence-corrected chi connectivity index (χ2v) is 3.91. The minimum absolute atomic E-state index is 0.650.